The van der Waals surface area contributed by atoms with Crippen LogP contribution in [0, 0.1) is 0 Å². The van der Waals surface area contributed by atoms with Crippen molar-refractivity contribution < 1.29 is 9.59 Å². The maximum atomic E-state index is 12.2. The molecule has 0 fully saturated rings. The molecule has 4 nitrogen and oxygen atoms in total. The largest absolute Gasteiger partial charge is 0.351 e. The van der Waals surface area contributed by atoms with Crippen LogP contribution >= 0.6 is 0 Å². The van der Waals surface area contributed by atoms with Crippen LogP contribution in [0.25, 0.3) is 0 Å². The first-order chi connectivity index (χ1) is 9.66. The second-order valence-corrected chi connectivity index (χ2v) is 4.47. The predicted octanol–water partition coefficient (Wildman–Crippen LogP) is 2.34. The number of hydrogen-bond acceptors (Lipinski definition) is 2. The summed E-state index contributed by atoms with van der Waals surface area (Å²) >= 11 is 0. The van der Waals surface area contributed by atoms with Crippen molar-refractivity contribution in [2.24, 2.45) is 5.73 Å². The molecule has 3 amide bonds. The van der Waals surface area contributed by atoms with Gasteiger partial charge in [-0.1, -0.05) is 60.7 Å². The van der Waals surface area contributed by atoms with E-state index in [0.717, 1.165) is 16.0 Å². The molecular weight excluding hydrogens is 252 g/mol. The van der Waals surface area contributed by atoms with Gasteiger partial charge < -0.3 is 5.73 Å². The van der Waals surface area contributed by atoms with Crippen LogP contribution in [-0.2, 0) is 17.8 Å². The highest BCUT2D eigenvalue weighted by Gasteiger charge is 2.19. The van der Waals surface area contributed by atoms with Crippen LogP contribution in [0.3, 0.4) is 0 Å². The molecular formula is C16H16N2O2. The fourth-order valence-electron chi connectivity index (χ4n) is 1.92. The van der Waals surface area contributed by atoms with Crippen LogP contribution in [-0.4, -0.2) is 16.8 Å². The molecule has 0 aliphatic rings. The summed E-state index contributed by atoms with van der Waals surface area (Å²) < 4.78 is 0. The number of urea groups is 1. The Hall–Kier alpha value is -2.62. The van der Waals surface area contributed by atoms with Crippen LogP contribution in [0.2, 0.25) is 0 Å². The number of nitrogens with zero attached hydrogens (tertiary/aromatic N) is 1. The molecule has 2 aromatic carbocycles. The molecule has 0 aliphatic carbocycles. The van der Waals surface area contributed by atoms with Crippen LogP contribution < -0.4 is 5.73 Å². The standard InChI is InChI=1S/C16H16N2O2/c17-16(20)18(12-14-9-5-2-6-10-14)15(19)11-13-7-3-1-4-8-13/h1-10H,11-12H2,(H2,17,20). The van der Waals surface area contributed by atoms with Crippen molar-refractivity contribution in [1.29, 1.82) is 0 Å². The molecule has 102 valence electrons. The van der Waals surface area contributed by atoms with Crippen LogP contribution in [0.15, 0.2) is 60.7 Å². The van der Waals surface area contributed by atoms with Gasteiger partial charge in [0.05, 0.1) is 13.0 Å². The highest BCUT2D eigenvalue weighted by Crippen LogP contribution is 2.08. The van der Waals surface area contributed by atoms with E-state index in [1.807, 2.05) is 60.7 Å². The fraction of sp³-hybridized carbons (Fsp3) is 0.125. The average molecular weight is 268 g/mol. The number of hydrogen-bond donors (Lipinski definition) is 1. The Bertz CT molecular complexity index is 582. The zero-order valence-corrected chi connectivity index (χ0v) is 11.0. The molecule has 4 heteroatoms. The Morgan fingerprint density at radius 2 is 1.35 bits per heavy atom. The zero-order valence-electron chi connectivity index (χ0n) is 11.0. The lowest BCUT2D eigenvalue weighted by Gasteiger charge is -2.18. The number of primary amides is 1. The second kappa shape index (κ2) is 6.52. The van der Waals surface area contributed by atoms with Gasteiger partial charge in [0, 0.05) is 0 Å². The molecule has 0 aliphatic heterocycles. The Morgan fingerprint density at radius 3 is 1.85 bits per heavy atom. The number of nitrogens with two attached hydrogens (primary N) is 1. The quantitative estimate of drug-likeness (QED) is 0.925. The van der Waals surface area contributed by atoms with Crippen LogP contribution in [0.1, 0.15) is 11.1 Å². The smallest absolute Gasteiger partial charge is 0.321 e. The normalized spacial score (nSPS) is 10.0. The summed E-state index contributed by atoms with van der Waals surface area (Å²) in [5.41, 5.74) is 7.03. The van der Waals surface area contributed by atoms with E-state index in [2.05, 4.69) is 0 Å². The van der Waals surface area contributed by atoms with E-state index in [4.69, 9.17) is 5.73 Å². The van der Waals surface area contributed by atoms with Gasteiger partial charge in [-0.15, -0.1) is 0 Å². The van der Waals surface area contributed by atoms with E-state index in [1.54, 1.807) is 0 Å². The number of carbonyl (C=O) groups is 2. The summed E-state index contributed by atoms with van der Waals surface area (Å²) in [6.07, 6.45) is 0.163. The van der Waals surface area contributed by atoms with Crippen LogP contribution in [0.5, 0.6) is 0 Å². The minimum atomic E-state index is -0.727. The lowest BCUT2D eigenvalue weighted by molar-refractivity contribution is -0.127. The van der Waals surface area contributed by atoms with Gasteiger partial charge in [0.15, 0.2) is 0 Å². The third kappa shape index (κ3) is 3.68. The molecule has 0 spiro atoms. The predicted molar refractivity (Wildman–Crippen MR) is 76.7 cm³/mol. The van der Waals surface area contributed by atoms with Crippen LogP contribution in [0.4, 0.5) is 4.79 Å². The summed E-state index contributed by atoms with van der Waals surface area (Å²) in [4.78, 5) is 24.7. The number of carbonyl (C=O) groups excluding carboxylic acids is 2. The number of imide groups is 1. The molecule has 0 unspecified atom stereocenters. The molecule has 0 bridgehead atoms. The molecule has 0 heterocycles. The highest BCUT2D eigenvalue weighted by molar-refractivity contribution is 5.94. The Kier molecular flexibility index (Phi) is 4.50. The Labute approximate surface area is 117 Å². The minimum absolute atomic E-state index is 0.163. The molecule has 0 atom stereocenters. The van der Waals surface area contributed by atoms with Crippen molar-refractivity contribution in [2.45, 2.75) is 13.0 Å². The zero-order chi connectivity index (χ0) is 14.4. The molecule has 2 N–H and O–H groups in total. The maximum Gasteiger partial charge on any atom is 0.321 e. The first-order valence-corrected chi connectivity index (χ1v) is 6.34. The molecule has 0 radical (unpaired) electrons. The van der Waals surface area contributed by atoms with Crippen molar-refractivity contribution in [1.82, 2.24) is 4.90 Å². The third-order valence-electron chi connectivity index (χ3n) is 2.95. The van der Waals surface area contributed by atoms with Gasteiger partial charge in [-0.3, -0.25) is 9.69 Å². The maximum absolute atomic E-state index is 12.2. The molecule has 2 aromatic rings. The first kappa shape index (κ1) is 13.8. The Balaban J connectivity index is 2.09. The van der Waals surface area contributed by atoms with Gasteiger partial charge in [0.2, 0.25) is 5.91 Å². The SMILES string of the molecule is NC(=O)N(Cc1ccccc1)C(=O)Cc1ccccc1. The lowest BCUT2D eigenvalue weighted by Crippen LogP contribution is -2.40. The van der Waals surface area contributed by atoms with E-state index in [0.29, 0.717) is 0 Å². The molecule has 20 heavy (non-hydrogen) atoms. The van der Waals surface area contributed by atoms with Crippen molar-refractivity contribution in [2.75, 3.05) is 0 Å². The van der Waals surface area contributed by atoms with Crippen molar-refractivity contribution in [3.63, 3.8) is 0 Å². The van der Waals surface area contributed by atoms with E-state index in [9.17, 15) is 9.59 Å². The minimum Gasteiger partial charge on any atom is -0.351 e. The first-order valence-electron chi connectivity index (χ1n) is 6.34. The van der Waals surface area contributed by atoms with Gasteiger partial charge in [0.1, 0.15) is 0 Å². The fourth-order valence-corrected chi connectivity index (χ4v) is 1.92. The van der Waals surface area contributed by atoms with Crippen molar-refractivity contribution >= 4 is 11.9 Å². The monoisotopic (exact) mass is 268 g/mol. The van der Waals surface area contributed by atoms with Crippen molar-refractivity contribution in [3.8, 4) is 0 Å². The summed E-state index contributed by atoms with van der Waals surface area (Å²) in [6, 6.07) is 17.9. The average Bonchev–Trinajstić information content (AvgIpc) is 2.46. The van der Waals surface area contributed by atoms with Gasteiger partial charge >= 0.3 is 6.03 Å². The highest BCUT2D eigenvalue weighted by atomic mass is 16.2. The van der Waals surface area contributed by atoms with E-state index in [-0.39, 0.29) is 18.9 Å². The van der Waals surface area contributed by atoms with E-state index in [1.165, 1.54) is 0 Å². The summed E-state index contributed by atoms with van der Waals surface area (Å²) in [7, 11) is 0. The van der Waals surface area contributed by atoms with Gasteiger partial charge in [0.25, 0.3) is 0 Å². The summed E-state index contributed by atoms with van der Waals surface area (Å²) in [5, 5.41) is 0. The number of rotatable bonds is 4. The molecule has 0 saturated heterocycles. The summed E-state index contributed by atoms with van der Waals surface area (Å²) in [6.45, 7) is 0.196. The number of amides is 3. The second-order valence-electron chi connectivity index (χ2n) is 4.47. The third-order valence-corrected chi connectivity index (χ3v) is 2.95. The van der Waals surface area contributed by atoms with Gasteiger partial charge in [-0.05, 0) is 11.1 Å². The van der Waals surface area contributed by atoms with Gasteiger partial charge in [-0.2, -0.15) is 0 Å². The summed E-state index contributed by atoms with van der Waals surface area (Å²) in [5.74, 6) is -0.299. The molecule has 2 rings (SSSR count). The number of benzene rings is 2. The Morgan fingerprint density at radius 1 is 0.850 bits per heavy atom. The van der Waals surface area contributed by atoms with E-state index >= 15 is 0 Å². The topological polar surface area (TPSA) is 63.4 Å². The van der Waals surface area contributed by atoms with Gasteiger partial charge in [-0.25, -0.2) is 4.79 Å². The molecule has 0 saturated carbocycles. The lowest BCUT2D eigenvalue weighted by atomic mass is 10.1. The van der Waals surface area contributed by atoms with E-state index < -0.39 is 6.03 Å². The van der Waals surface area contributed by atoms with Crippen molar-refractivity contribution in [3.05, 3.63) is 71.8 Å². The molecule has 0 aromatic heterocycles.